The lowest BCUT2D eigenvalue weighted by molar-refractivity contribution is 0.443. The molecule has 0 amide bonds. The standard InChI is InChI=1S/C30H30FN9/c1-30(2,3)17-34-27-19(12-32)13-33-29-24(20-14-35-36-15-20)10-22(11-25(27)29)37-28(18-4-6-21(31)7-5-18)26-16-40(39-38-26)23-8-9-23/h4-7,10-11,13-16,23,28,37H,8-9,17H2,1-3H3,(H,33,34)(H,35,36). The lowest BCUT2D eigenvalue weighted by Crippen LogP contribution is -2.20. The number of hydrogen-bond donors (Lipinski definition) is 3. The maximum Gasteiger partial charge on any atom is 0.123 e. The van der Waals surface area contributed by atoms with Gasteiger partial charge in [-0.1, -0.05) is 38.1 Å². The summed E-state index contributed by atoms with van der Waals surface area (Å²) in [6.07, 6.45) is 9.33. The number of aromatic amines is 1. The minimum Gasteiger partial charge on any atom is -0.383 e. The van der Waals surface area contributed by atoms with Crippen LogP contribution in [0.3, 0.4) is 0 Å². The molecule has 9 nitrogen and oxygen atoms in total. The summed E-state index contributed by atoms with van der Waals surface area (Å²) in [7, 11) is 0. The number of nitrogens with zero attached hydrogens (tertiary/aromatic N) is 6. The molecule has 0 bridgehead atoms. The van der Waals surface area contributed by atoms with Crippen molar-refractivity contribution in [3.8, 4) is 17.2 Å². The van der Waals surface area contributed by atoms with Gasteiger partial charge in [0.05, 0.1) is 41.2 Å². The molecule has 40 heavy (non-hydrogen) atoms. The number of nitriles is 1. The fourth-order valence-electron chi connectivity index (χ4n) is 4.72. The first kappa shape index (κ1) is 25.5. The summed E-state index contributed by atoms with van der Waals surface area (Å²) < 4.78 is 15.8. The molecule has 1 unspecified atom stereocenters. The van der Waals surface area contributed by atoms with Crippen molar-refractivity contribution in [1.82, 2.24) is 30.2 Å². The monoisotopic (exact) mass is 535 g/mol. The van der Waals surface area contributed by atoms with Crippen LogP contribution in [-0.4, -0.2) is 36.7 Å². The summed E-state index contributed by atoms with van der Waals surface area (Å²) in [6, 6.07) is 12.7. The molecule has 3 heterocycles. The van der Waals surface area contributed by atoms with E-state index in [1.165, 1.54) is 12.1 Å². The van der Waals surface area contributed by atoms with Crippen molar-refractivity contribution >= 4 is 22.3 Å². The molecule has 5 aromatic rings. The number of hydrogen-bond acceptors (Lipinski definition) is 7. The van der Waals surface area contributed by atoms with Crippen LogP contribution in [-0.2, 0) is 0 Å². The Balaban J connectivity index is 1.50. The van der Waals surface area contributed by atoms with Gasteiger partial charge in [0.2, 0.25) is 0 Å². The fourth-order valence-corrected chi connectivity index (χ4v) is 4.72. The van der Waals surface area contributed by atoms with Gasteiger partial charge in [-0.25, -0.2) is 9.07 Å². The molecule has 6 rings (SSSR count). The molecule has 1 fully saturated rings. The Labute approximate surface area is 231 Å². The van der Waals surface area contributed by atoms with Crippen LogP contribution in [0.2, 0.25) is 0 Å². The lowest BCUT2D eigenvalue weighted by Gasteiger charge is -2.23. The number of rotatable bonds is 8. The van der Waals surface area contributed by atoms with Gasteiger partial charge in [-0.05, 0) is 48.1 Å². The predicted molar refractivity (Wildman–Crippen MR) is 152 cm³/mol. The van der Waals surface area contributed by atoms with E-state index in [9.17, 15) is 9.65 Å². The second-order valence-electron chi connectivity index (χ2n) is 11.5. The molecule has 3 N–H and O–H groups in total. The van der Waals surface area contributed by atoms with Crippen molar-refractivity contribution in [2.75, 3.05) is 17.2 Å². The van der Waals surface area contributed by atoms with E-state index in [0.29, 0.717) is 18.2 Å². The van der Waals surface area contributed by atoms with E-state index < -0.39 is 0 Å². The van der Waals surface area contributed by atoms with Crippen LogP contribution >= 0.6 is 0 Å². The summed E-state index contributed by atoms with van der Waals surface area (Å²) in [5.41, 5.74) is 6.04. The van der Waals surface area contributed by atoms with Crippen molar-refractivity contribution in [3.05, 3.63) is 83.8 Å². The summed E-state index contributed by atoms with van der Waals surface area (Å²) >= 11 is 0. The van der Waals surface area contributed by atoms with Gasteiger partial charge in [-0.3, -0.25) is 10.1 Å². The van der Waals surface area contributed by atoms with Crippen molar-refractivity contribution in [3.63, 3.8) is 0 Å². The van der Waals surface area contributed by atoms with Crippen LogP contribution in [0.1, 0.15) is 62.5 Å². The molecule has 1 aliphatic carbocycles. The highest BCUT2D eigenvalue weighted by molar-refractivity contribution is 6.04. The van der Waals surface area contributed by atoms with Crippen LogP contribution in [0.15, 0.2) is 61.2 Å². The van der Waals surface area contributed by atoms with Gasteiger partial charge in [-0.2, -0.15) is 10.4 Å². The van der Waals surface area contributed by atoms with Crippen LogP contribution in [0.5, 0.6) is 0 Å². The zero-order valence-electron chi connectivity index (χ0n) is 22.6. The van der Waals surface area contributed by atoms with Gasteiger partial charge < -0.3 is 10.6 Å². The summed E-state index contributed by atoms with van der Waals surface area (Å²) in [4.78, 5) is 4.69. The normalized spacial score (nSPS) is 14.2. The maximum absolute atomic E-state index is 13.9. The van der Waals surface area contributed by atoms with Crippen molar-refractivity contribution in [2.45, 2.75) is 45.7 Å². The number of benzene rings is 2. The number of H-pyrrole nitrogens is 1. The van der Waals surface area contributed by atoms with Crippen LogP contribution in [0, 0.1) is 22.6 Å². The molecular formula is C30H30FN9. The average Bonchev–Trinajstić information content (AvgIpc) is 3.42. The Morgan fingerprint density at radius 2 is 1.98 bits per heavy atom. The van der Waals surface area contributed by atoms with E-state index >= 15 is 0 Å². The summed E-state index contributed by atoms with van der Waals surface area (Å²) in [5, 5.41) is 33.8. The minimum atomic E-state index is -0.388. The first-order chi connectivity index (χ1) is 19.3. The van der Waals surface area contributed by atoms with E-state index in [1.54, 1.807) is 24.5 Å². The largest absolute Gasteiger partial charge is 0.383 e. The predicted octanol–water partition coefficient (Wildman–Crippen LogP) is 6.22. The van der Waals surface area contributed by atoms with Crippen LogP contribution < -0.4 is 10.6 Å². The van der Waals surface area contributed by atoms with Gasteiger partial charge in [-0.15, -0.1) is 5.10 Å². The zero-order chi connectivity index (χ0) is 27.9. The number of halogens is 1. The Bertz CT molecular complexity index is 1690. The summed E-state index contributed by atoms with van der Waals surface area (Å²) in [6.45, 7) is 7.09. The van der Waals surface area contributed by atoms with Gasteiger partial charge in [0.15, 0.2) is 0 Å². The molecule has 202 valence electrons. The molecule has 0 spiro atoms. The molecule has 2 aromatic carbocycles. The third kappa shape index (κ3) is 5.23. The van der Waals surface area contributed by atoms with E-state index in [4.69, 9.17) is 0 Å². The Hall–Kier alpha value is -4.78. The second-order valence-corrected chi connectivity index (χ2v) is 11.5. The van der Waals surface area contributed by atoms with Crippen molar-refractivity contribution in [1.29, 1.82) is 5.26 Å². The number of fused-ring (bicyclic) bond motifs is 1. The molecule has 1 atom stereocenters. The highest BCUT2D eigenvalue weighted by atomic mass is 19.1. The smallest absolute Gasteiger partial charge is 0.123 e. The van der Waals surface area contributed by atoms with Gasteiger partial charge in [0.1, 0.15) is 17.6 Å². The van der Waals surface area contributed by atoms with Gasteiger partial charge in [0, 0.05) is 41.1 Å². The number of aromatic nitrogens is 6. The molecule has 10 heteroatoms. The average molecular weight is 536 g/mol. The highest BCUT2D eigenvalue weighted by Gasteiger charge is 2.27. The number of pyridine rings is 1. The Morgan fingerprint density at radius 1 is 1.18 bits per heavy atom. The Morgan fingerprint density at radius 3 is 2.65 bits per heavy atom. The molecule has 1 aliphatic rings. The van der Waals surface area contributed by atoms with E-state index in [0.717, 1.165) is 57.5 Å². The number of nitrogens with one attached hydrogen (secondary N) is 3. The van der Waals surface area contributed by atoms with Crippen molar-refractivity contribution < 1.29 is 4.39 Å². The molecule has 0 saturated heterocycles. The van der Waals surface area contributed by atoms with Crippen LogP contribution in [0.25, 0.3) is 22.0 Å². The third-order valence-corrected chi connectivity index (χ3v) is 6.96. The lowest BCUT2D eigenvalue weighted by atomic mass is 9.95. The topological polar surface area (TPSA) is 120 Å². The van der Waals surface area contributed by atoms with Gasteiger partial charge in [0.25, 0.3) is 0 Å². The highest BCUT2D eigenvalue weighted by Crippen LogP contribution is 2.39. The quantitative estimate of drug-likeness (QED) is 0.216. The fraction of sp³-hybridized carbons (Fsp3) is 0.300. The van der Waals surface area contributed by atoms with Crippen LogP contribution in [0.4, 0.5) is 15.8 Å². The third-order valence-electron chi connectivity index (χ3n) is 6.96. The number of anilines is 2. The summed E-state index contributed by atoms with van der Waals surface area (Å²) in [5.74, 6) is -0.304. The van der Waals surface area contributed by atoms with E-state index in [2.05, 4.69) is 63.0 Å². The second kappa shape index (κ2) is 10.1. The molecule has 1 saturated carbocycles. The van der Waals surface area contributed by atoms with E-state index in [1.807, 2.05) is 29.2 Å². The maximum atomic E-state index is 13.9. The molecule has 0 radical (unpaired) electrons. The minimum absolute atomic E-state index is 0.00731. The van der Waals surface area contributed by atoms with Gasteiger partial charge >= 0.3 is 0 Å². The molecule has 0 aliphatic heterocycles. The molecule has 3 aromatic heterocycles. The Kier molecular flexibility index (Phi) is 6.42. The first-order valence-corrected chi connectivity index (χ1v) is 13.3. The zero-order valence-corrected chi connectivity index (χ0v) is 22.6. The SMILES string of the molecule is CC(C)(C)CNc1c(C#N)cnc2c(-c3cn[nH]c3)cc(NC(c3ccc(F)cc3)c3cn(C4CC4)nn3)cc12. The molecular weight excluding hydrogens is 505 g/mol. The van der Waals surface area contributed by atoms with E-state index in [-0.39, 0.29) is 17.3 Å². The van der Waals surface area contributed by atoms with Crippen molar-refractivity contribution in [2.24, 2.45) is 5.41 Å². The first-order valence-electron chi connectivity index (χ1n) is 13.3.